The molecule has 7 nitrogen and oxygen atoms in total. The predicted octanol–water partition coefficient (Wildman–Crippen LogP) is 3.39. The number of benzene rings is 1. The first-order chi connectivity index (χ1) is 15.2. The SMILES string of the molecule is N#C[C@H](CCc1ccccc1)N(CC(=O)N1CCOCC1)C(=O)OCC1CCCCC1. The van der Waals surface area contributed by atoms with Gasteiger partial charge < -0.3 is 14.4 Å². The Kier molecular flexibility index (Phi) is 9.16. The smallest absolute Gasteiger partial charge is 0.411 e. The zero-order chi connectivity index (χ0) is 21.9. The molecular weight excluding hydrogens is 394 g/mol. The summed E-state index contributed by atoms with van der Waals surface area (Å²) in [6.07, 6.45) is 6.24. The van der Waals surface area contributed by atoms with Crippen LogP contribution in [0.4, 0.5) is 4.79 Å². The molecule has 168 valence electrons. The fourth-order valence-electron chi connectivity index (χ4n) is 4.22. The molecule has 0 spiro atoms. The molecule has 1 aromatic rings. The fraction of sp³-hybridized carbons (Fsp3) is 0.625. The number of morpholine rings is 1. The van der Waals surface area contributed by atoms with Crippen LogP contribution in [0, 0.1) is 17.2 Å². The Balaban J connectivity index is 1.64. The second kappa shape index (κ2) is 12.3. The zero-order valence-electron chi connectivity index (χ0n) is 18.2. The van der Waals surface area contributed by atoms with Crippen molar-refractivity contribution in [2.24, 2.45) is 5.92 Å². The summed E-state index contributed by atoms with van der Waals surface area (Å²) < 4.78 is 10.9. The number of aryl methyl sites for hydroxylation is 1. The van der Waals surface area contributed by atoms with Crippen molar-refractivity contribution in [3.8, 4) is 6.07 Å². The highest BCUT2D eigenvalue weighted by atomic mass is 16.6. The molecule has 3 rings (SSSR count). The lowest BCUT2D eigenvalue weighted by Gasteiger charge is -2.32. The van der Waals surface area contributed by atoms with E-state index in [9.17, 15) is 14.9 Å². The number of nitrogens with zero attached hydrogens (tertiary/aromatic N) is 3. The number of rotatable bonds is 8. The van der Waals surface area contributed by atoms with Crippen LogP contribution in [0.3, 0.4) is 0 Å². The van der Waals surface area contributed by atoms with E-state index < -0.39 is 12.1 Å². The Morgan fingerprint density at radius 1 is 1.16 bits per heavy atom. The monoisotopic (exact) mass is 427 g/mol. The lowest BCUT2D eigenvalue weighted by Crippen LogP contribution is -2.50. The third-order valence-corrected chi connectivity index (χ3v) is 6.15. The van der Waals surface area contributed by atoms with Gasteiger partial charge >= 0.3 is 6.09 Å². The molecule has 0 N–H and O–H groups in total. The summed E-state index contributed by atoms with van der Waals surface area (Å²) in [4.78, 5) is 28.8. The van der Waals surface area contributed by atoms with Crippen LogP contribution in [-0.2, 0) is 20.7 Å². The van der Waals surface area contributed by atoms with Crippen molar-refractivity contribution in [2.75, 3.05) is 39.5 Å². The molecule has 2 amide bonds. The third-order valence-electron chi connectivity index (χ3n) is 6.15. The molecule has 0 bridgehead atoms. The van der Waals surface area contributed by atoms with Crippen LogP contribution in [0.5, 0.6) is 0 Å². The van der Waals surface area contributed by atoms with E-state index in [0.29, 0.717) is 51.7 Å². The van der Waals surface area contributed by atoms with E-state index in [0.717, 1.165) is 18.4 Å². The summed E-state index contributed by atoms with van der Waals surface area (Å²) >= 11 is 0. The van der Waals surface area contributed by atoms with Gasteiger partial charge in [-0.05, 0) is 37.2 Å². The molecule has 7 heteroatoms. The second-order valence-electron chi connectivity index (χ2n) is 8.37. The van der Waals surface area contributed by atoms with Crippen molar-refractivity contribution in [1.29, 1.82) is 5.26 Å². The van der Waals surface area contributed by atoms with Crippen LogP contribution in [0.15, 0.2) is 30.3 Å². The first-order valence-electron chi connectivity index (χ1n) is 11.4. The number of hydrogen-bond donors (Lipinski definition) is 0. The van der Waals surface area contributed by atoms with Crippen LogP contribution >= 0.6 is 0 Å². The molecule has 1 atom stereocenters. The molecule has 1 heterocycles. The van der Waals surface area contributed by atoms with Crippen LogP contribution < -0.4 is 0 Å². The van der Waals surface area contributed by atoms with Crippen molar-refractivity contribution in [2.45, 2.75) is 51.0 Å². The average molecular weight is 428 g/mol. The van der Waals surface area contributed by atoms with Crippen LogP contribution in [0.25, 0.3) is 0 Å². The van der Waals surface area contributed by atoms with Crippen LogP contribution in [0.1, 0.15) is 44.1 Å². The molecule has 1 aromatic carbocycles. The summed E-state index contributed by atoms with van der Waals surface area (Å²) in [5, 5.41) is 9.82. The van der Waals surface area contributed by atoms with Gasteiger partial charge in [-0.15, -0.1) is 0 Å². The molecule has 0 aromatic heterocycles. The van der Waals surface area contributed by atoms with Crippen molar-refractivity contribution in [1.82, 2.24) is 9.80 Å². The highest BCUT2D eigenvalue weighted by molar-refractivity contribution is 5.82. The van der Waals surface area contributed by atoms with Crippen LogP contribution in [0.2, 0.25) is 0 Å². The zero-order valence-corrected chi connectivity index (χ0v) is 18.2. The molecule has 1 aliphatic heterocycles. The minimum Gasteiger partial charge on any atom is -0.449 e. The van der Waals surface area contributed by atoms with E-state index in [1.165, 1.54) is 24.2 Å². The Morgan fingerprint density at radius 3 is 2.55 bits per heavy atom. The standard InChI is InChI=1S/C24H33N3O4/c25-17-22(12-11-20-7-3-1-4-8-20)27(18-23(28)26-13-15-30-16-14-26)24(29)31-19-21-9-5-2-6-10-21/h1,3-4,7-8,21-22H,2,5-6,9-16,18-19H2/t22-/m0/s1. The summed E-state index contributed by atoms with van der Waals surface area (Å²) in [7, 11) is 0. The Hall–Kier alpha value is -2.59. The van der Waals surface area contributed by atoms with E-state index >= 15 is 0 Å². The van der Waals surface area contributed by atoms with E-state index in [1.807, 2.05) is 30.3 Å². The van der Waals surface area contributed by atoms with Gasteiger partial charge in [0.05, 0.1) is 25.9 Å². The molecule has 2 fully saturated rings. The van der Waals surface area contributed by atoms with E-state index in [-0.39, 0.29) is 12.5 Å². The largest absolute Gasteiger partial charge is 0.449 e. The highest BCUT2D eigenvalue weighted by Crippen LogP contribution is 2.24. The van der Waals surface area contributed by atoms with Gasteiger partial charge in [0.25, 0.3) is 0 Å². The van der Waals surface area contributed by atoms with Crippen molar-refractivity contribution in [3.05, 3.63) is 35.9 Å². The van der Waals surface area contributed by atoms with Crippen molar-refractivity contribution >= 4 is 12.0 Å². The molecular formula is C24H33N3O4. The van der Waals surface area contributed by atoms with E-state index in [4.69, 9.17) is 9.47 Å². The van der Waals surface area contributed by atoms with Gasteiger partial charge in [-0.2, -0.15) is 5.26 Å². The second-order valence-corrected chi connectivity index (χ2v) is 8.37. The van der Waals surface area contributed by atoms with Crippen molar-refractivity contribution in [3.63, 3.8) is 0 Å². The topological polar surface area (TPSA) is 82.9 Å². The Labute approximate surface area is 184 Å². The molecule has 1 saturated carbocycles. The number of carbonyl (C=O) groups is 2. The lowest BCUT2D eigenvalue weighted by atomic mass is 9.90. The number of carbonyl (C=O) groups excluding carboxylic acids is 2. The third kappa shape index (κ3) is 7.25. The Bertz CT molecular complexity index is 737. The number of nitriles is 1. The molecule has 31 heavy (non-hydrogen) atoms. The lowest BCUT2D eigenvalue weighted by molar-refractivity contribution is -0.136. The first-order valence-corrected chi connectivity index (χ1v) is 11.4. The van der Waals surface area contributed by atoms with Gasteiger partial charge in [0.1, 0.15) is 12.6 Å². The minimum absolute atomic E-state index is 0.142. The fourth-order valence-corrected chi connectivity index (χ4v) is 4.22. The summed E-state index contributed by atoms with van der Waals surface area (Å²) in [6.45, 7) is 2.21. The number of ether oxygens (including phenoxy) is 2. The predicted molar refractivity (Wildman–Crippen MR) is 116 cm³/mol. The van der Waals surface area contributed by atoms with Gasteiger partial charge in [-0.3, -0.25) is 9.69 Å². The highest BCUT2D eigenvalue weighted by Gasteiger charge is 2.30. The molecule has 1 saturated heterocycles. The summed E-state index contributed by atoms with van der Waals surface area (Å²) in [5.41, 5.74) is 1.10. The van der Waals surface area contributed by atoms with Gasteiger partial charge in [0.15, 0.2) is 0 Å². The maximum Gasteiger partial charge on any atom is 0.411 e. The molecule has 0 unspecified atom stereocenters. The van der Waals surface area contributed by atoms with Gasteiger partial charge in [0, 0.05) is 13.1 Å². The molecule has 1 aliphatic carbocycles. The van der Waals surface area contributed by atoms with Gasteiger partial charge in [0.2, 0.25) is 5.91 Å². The minimum atomic E-state index is -0.718. The van der Waals surface area contributed by atoms with E-state index in [1.54, 1.807) is 4.90 Å². The summed E-state index contributed by atoms with van der Waals surface area (Å²) in [6, 6.07) is 11.4. The maximum absolute atomic E-state index is 13.0. The van der Waals surface area contributed by atoms with Gasteiger partial charge in [-0.1, -0.05) is 49.6 Å². The molecule has 0 radical (unpaired) electrons. The quantitative estimate of drug-likeness (QED) is 0.635. The van der Waals surface area contributed by atoms with Crippen LogP contribution in [-0.4, -0.2) is 67.3 Å². The maximum atomic E-state index is 13.0. The first kappa shape index (κ1) is 23.1. The number of hydrogen-bond acceptors (Lipinski definition) is 5. The van der Waals surface area contributed by atoms with Gasteiger partial charge in [-0.25, -0.2) is 4.79 Å². The Morgan fingerprint density at radius 2 is 1.87 bits per heavy atom. The van der Waals surface area contributed by atoms with Crippen molar-refractivity contribution < 1.29 is 19.1 Å². The molecule has 2 aliphatic rings. The normalized spacial score (nSPS) is 18.1. The number of amides is 2. The van der Waals surface area contributed by atoms with E-state index in [2.05, 4.69) is 6.07 Å². The summed E-state index contributed by atoms with van der Waals surface area (Å²) in [5.74, 6) is 0.206. The average Bonchev–Trinajstić information content (AvgIpc) is 2.84.